The Kier molecular flexibility index (Phi) is 4.81. The zero-order valence-corrected chi connectivity index (χ0v) is 12.2. The van der Waals surface area contributed by atoms with Crippen LogP contribution in [0.2, 0.25) is 0 Å². The van der Waals surface area contributed by atoms with Gasteiger partial charge in [-0.1, -0.05) is 18.8 Å². The molecular formula is C17H18N2O2. The number of aryl methyl sites for hydroxylation is 2. The fourth-order valence-corrected chi connectivity index (χ4v) is 2.04. The first kappa shape index (κ1) is 14.9. The normalized spacial score (nSPS) is 9.86. The van der Waals surface area contributed by atoms with Gasteiger partial charge in [0.25, 0.3) is 5.91 Å². The molecule has 0 radical (unpaired) electrons. The zero-order chi connectivity index (χ0) is 15.2. The molecule has 0 fully saturated rings. The van der Waals surface area contributed by atoms with E-state index in [1.165, 1.54) is 6.26 Å². The lowest BCUT2D eigenvalue weighted by Gasteiger charge is -2.08. The maximum absolute atomic E-state index is 12.2. The molecule has 4 heteroatoms. The first-order valence-electron chi connectivity index (χ1n) is 6.83. The molecule has 2 aromatic rings. The predicted octanol–water partition coefficient (Wildman–Crippen LogP) is 2.71. The Balaban J connectivity index is 2.18. The van der Waals surface area contributed by atoms with E-state index in [0.717, 1.165) is 16.8 Å². The summed E-state index contributed by atoms with van der Waals surface area (Å²) in [6.45, 7) is 4.21. The van der Waals surface area contributed by atoms with Gasteiger partial charge in [0.15, 0.2) is 0 Å². The van der Waals surface area contributed by atoms with Gasteiger partial charge in [-0.3, -0.25) is 4.79 Å². The first-order chi connectivity index (χ1) is 10.2. The van der Waals surface area contributed by atoms with Gasteiger partial charge in [0.2, 0.25) is 0 Å². The van der Waals surface area contributed by atoms with Gasteiger partial charge in [0.05, 0.1) is 18.4 Å². The Morgan fingerprint density at radius 1 is 1.38 bits per heavy atom. The number of carbonyl (C=O) groups excluding carboxylic acids is 1. The molecule has 1 aromatic carbocycles. The minimum absolute atomic E-state index is 0.163. The van der Waals surface area contributed by atoms with Gasteiger partial charge in [0.1, 0.15) is 5.76 Å². The van der Waals surface area contributed by atoms with Crippen LogP contribution in [-0.2, 0) is 6.42 Å². The Labute approximate surface area is 124 Å². The highest BCUT2D eigenvalue weighted by Crippen LogP contribution is 2.19. The van der Waals surface area contributed by atoms with E-state index in [1.807, 2.05) is 32.0 Å². The average Bonchev–Trinajstić information content (AvgIpc) is 2.96. The van der Waals surface area contributed by atoms with Crippen LogP contribution in [0.25, 0.3) is 0 Å². The van der Waals surface area contributed by atoms with E-state index in [9.17, 15) is 4.79 Å². The molecule has 1 amide bonds. The van der Waals surface area contributed by atoms with E-state index >= 15 is 0 Å². The van der Waals surface area contributed by atoms with Crippen LogP contribution in [0.15, 0.2) is 34.9 Å². The number of benzene rings is 1. The van der Waals surface area contributed by atoms with Crippen molar-refractivity contribution in [3.63, 3.8) is 0 Å². The highest BCUT2D eigenvalue weighted by atomic mass is 16.3. The molecule has 4 nitrogen and oxygen atoms in total. The van der Waals surface area contributed by atoms with Crippen molar-refractivity contribution in [1.82, 2.24) is 0 Å². The van der Waals surface area contributed by atoms with Gasteiger partial charge in [0, 0.05) is 17.7 Å². The Morgan fingerprint density at radius 3 is 2.86 bits per heavy atom. The third-order valence-electron chi connectivity index (χ3n) is 3.12. The zero-order valence-electron chi connectivity index (χ0n) is 12.2. The lowest BCUT2D eigenvalue weighted by molar-refractivity contribution is 0.102. The SMILES string of the molecule is CCc1occc1C(=O)Nc1ccc(C#CCN)cc1C. The van der Waals surface area contributed by atoms with E-state index in [0.29, 0.717) is 24.3 Å². The minimum Gasteiger partial charge on any atom is -0.469 e. The van der Waals surface area contributed by atoms with Gasteiger partial charge in [-0.15, -0.1) is 0 Å². The summed E-state index contributed by atoms with van der Waals surface area (Å²) in [6.07, 6.45) is 2.22. The number of amides is 1. The number of hydrogen-bond acceptors (Lipinski definition) is 3. The highest BCUT2D eigenvalue weighted by Gasteiger charge is 2.14. The van der Waals surface area contributed by atoms with Crippen LogP contribution in [0.4, 0.5) is 5.69 Å². The molecule has 1 aromatic heterocycles. The average molecular weight is 282 g/mol. The summed E-state index contributed by atoms with van der Waals surface area (Å²) in [5.41, 5.74) is 8.53. The molecule has 0 saturated carbocycles. The second-order valence-electron chi connectivity index (χ2n) is 4.60. The number of furan rings is 1. The standard InChI is InChI=1S/C17H18N2O2/c1-3-16-14(8-10-21-16)17(20)19-15-7-6-13(5-4-9-18)11-12(15)2/h6-8,10-11H,3,9,18H2,1-2H3,(H,19,20). The summed E-state index contributed by atoms with van der Waals surface area (Å²) < 4.78 is 5.28. The van der Waals surface area contributed by atoms with Crippen LogP contribution in [0.3, 0.4) is 0 Å². The molecule has 0 aliphatic heterocycles. The highest BCUT2D eigenvalue weighted by molar-refractivity contribution is 6.05. The first-order valence-corrected chi connectivity index (χ1v) is 6.83. The lowest BCUT2D eigenvalue weighted by Crippen LogP contribution is -2.13. The quantitative estimate of drug-likeness (QED) is 0.850. The number of carbonyl (C=O) groups is 1. The monoisotopic (exact) mass is 282 g/mol. The third kappa shape index (κ3) is 3.53. The molecule has 0 bridgehead atoms. The maximum Gasteiger partial charge on any atom is 0.259 e. The van der Waals surface area contributed by atoms with Gasteiger partial charge in [-0.2, -0.15) is 0 Å². The summed E-state index contributed by atoms with van der Waals surface area (Å²) in [4.78, 5) is 12.2. The van der Waals surface area contributed by atoms with Crippen molar-refractivity contribution >= 4 is 11.6 Å². The molecule has 0 unspecified atom stereocenters. The van der Waals surface area contributed by atoms with Crippen LogP contribution in [0.1, 0.15) is 34.2 Å². The van der Waals surface area contributed by atoms with E-state index in [4.69, 9.17) is 10.2 Å². The summed E-state index contributed by atoms with van der Waals surface area (Å²) in [6, 6.07) is 7.32. The molecule has 0 atom stereocenters. The molecule has 0 aliphatic carbocycles. The number of hydrogen-bond donors (Lipinski definition) is 2. The van der Waals surface area contributed by atoms with Crippen molar-refractivity contribution in [3.05, 3.63) is 53.0 Å². The van der Waals surface area contributed by atoms with Crippen LogP contribution in [0, 0.1) is 18.8 Å². The van der Waals surface area contributed by atoms with Crippen LogP contribution in [-0.4, -0.2) is 12.5 Å². The smallest absolute Gasteiger partial charge is 0.259 e. The van der Waals surface area contributed by atoms with Crippen LogP contribution in [0.5, 0.6) is 0 Å². The Hall–Kier alpha value is -2.51. The Bertz CT molecular complexity index is 705. The molecule has 108 valence electrons. The van der Waals surface area contributed by atoms with Crippen molar-refractivity contribution in [2.75, 3.05) is 11.9 Å². The van der Waals surface area contributed by atoms with Crippen molar-refractivity contribution < 1.29 is 9.21 Å². The fraction of sp³-hybridized carbons (Fsp3) is 0.235. The molecule has 1 heterocycles. The topological polar surface area (TPSA) is 68.3 Å². The molecule has 0 aliphatic rings. The van der Waals surface area contributed by atoms with Crippen molar-refractivity contribution in [2.24, 2.45) is 5.73 Å². The predicted molar refractivity (Wildman–Crippen MR) is 83.2 cm³/mol. The second kappa shape index (κ2) is 6.78. The van der Waals surface area contributed by atoms with Crippen molar-refractivity contribution in [2.45, 2.75) is 20.3 Å². The summed E-state index contributed by atoms with van der Waals surface area (Å²) in [5.74, 6) is 6.30. The lowest BCUT2D eigenvalue weighted by atomic mass is 10.1. The molecule has 3 N–H and O–H groups in total. The molecule has 2 rings (SSSR count). The molecule has 21 heavy (non-hydrogen) atoms. The number of rotatable bonds is 3. The fourth-order valence-electron chi connectivity index (χ4n) is 2.04. The largest absolute Gasteiger partial charge is 0.469 e. The molecule has 0 saturated heterocycles. The van der Waals surface area contributed by atoms with Gasteiger partial charge in [-0.05, 0) is 36.8 Å². The van der Waals surface area contributed by atoms with Crippen molar-refractivity contribution in [1.29, 1.82) is 0 Å². The number of nitrogens with one attached hydrogen (secondary N) is 1. The van der Waals surface area contributed by atoms with E-state index in [2.05, 4.69) is 17.2 Å². The van der Waals surface area contributed by atoms with Crippen LogP contribution >= 0.6 is 0 Å². The summed E-state index contributed by atoms with van der Waals surface area (Å²) >= 11 is 0. The van der Waals surface area contributed by atoms with Gasteiger partial charge >= 0.3 is 0 Å². The Morgan fingerprint density at radius 2 is 2.19 bits per heavy atom. The second-order valence-corrected chi connectivity index (χ2v) is 4.60. The van der Waals surface area contributed by atoms with E-state index in [-0.39, 0.29) is 5.91 Å². The summed E-state index contributed by atoms with van der Waals surface area (Å²) in [7, 11) is 0. The number of anilines is 1. The van der Waals surface area contributed by atoms with E-state index < -0.39 is 0 Å². The minimum atomic E-state index is -0.163. The van der Waals surface area contributed by atoms with Crippen LogP contribution < -0.4 is 11.1 Å². The van der Waals surface area contributed by atoms with Crippen molar-refractivity contribution in [3.8, 4) is 11.8 Å². The van der Waals surface area contributed by atoms with Gasteiger partial charge in [-0.25, -0.2) is 0 Å². The molecule has 0 spiro atoms. The summed E-state index contributed by atoms with van der Waals surface area (Å²) in [5, 5.41) is 2.90. The molecular weight excluding hydrogens is 264 g/mol. The van der Waals surface area contributed by atoms with E-state index in [1.54, 1.807) is 6.07 Å². The maximum atomic E-state index is 12.2. The number of nitrogens with two attached hydrogens (primary N) is 1. The third-order valence-corrected chi connectivity index (χ3v) is 3.12. The van der Waals surface area contributed by atoms with Gasteiger partial charge < -0.3 is 15.5 Å².